The normalized spacial score (nSPS) is 11.1. The van der Waals surface area contributed by atoms with Crippen molar-refractivity contribution in [3.05, 3.63) is 66.0 Å². The molecule has 0 saturated heterocycles. The summed E-state index contributed by atoms with van der Waals surface area (Å²) < 4.78 is 7.38. The van der Waals surface area contributed by atoms with Gasteiger partial charge >= 0.3 is 0 Å². The topological polar surface area (TPSA) is 56.1 Å². The van der Waals surface area contributed by atoms with Crippen LogP contribution in [0.4, 0.5) is 0 Å². The number of aromatic nitrogens is 2. The fraction of sp³-hybridized carbons (Fsp3) is 0.200. The quantitative estimate of drug-likeness (QED) is 0.704. The van der Waals surface area contributed by atoms with Gasteiger partial charge in [0.15, 0.2) is 0 Å². The highest BCUT2D eigenvalue weighted by Crippen LogP contribution is 2.18. The zero-order chi connectivity index (χ0) is 17.6. The Hall–Kier alpha value is -3.08. The van der Waals surface area contributed by atoms with E-state index in [0.717, 1.165) is 28.2 Å². The summed E-state index contributed by atoms with van der Waals surface area (Å²) in [6.45, 7) is 3.19. The number of methoxy groups -OCH3 is 1. The SMILES string of the molecule is COc1ccccc1/C=C/C(=O)NCCn1c(C)nc2ccccc21. The fourth-order valence-electron chi connectivity index (χ4n) is 2.80. The molecule has 25 heavy (non-hydrogen) atoms. The summed E-state index contributed by atoms with van der Waals surface area (Å²) in [5.41, 5.74) is 2.93. The smallest absolute Gasteiger partial charge is 0.244 e. The lowest BCUT2D eigenvalue weighted by molar-refractivity contribution is -0.116. The van der Waals surface area contributed by atoms with Crippen molar-refractivity contribution in [2.45, 2.75) is 13.5 Å². The maximum atomic E-state index is 12.0. The number of amides is 1. The first-order chi connectivity index (χ1) is 12.2. The Bertz CT molecular complexity index is 912. The minimum Gasteiger partial charge on any atom is -0.496 e. The standard InChI is InChI=1S/C20H21N3O2/c1-15-22-17-8-4-5-9-18(17)23(15)14-13-21-20(24)12-11-16-7-3-6-10-19(16)25-2/h3-12H,13-14H2,1-2H3,(H,21,24)/b12-11+. The zero-order valence-electron chi connectivity index (χ0n) is 14.4. The maximum Gasteiger partial charge on any atom is 0.244 e. The van der Waals surface area contributed by atoms with E-state index in [0.29, 0.717) is 13.1 Å². The molecule has 1 N–H and O–H groups in total. The first-order valence-corrected chi connectivity index (χ1v) is 8.20. The molecule has 0 saturated carbocycles. The van der Waals surface area contributed by atoms with Crippen LogP contribution in [0.3, 0.4) is 0 Å². The van der Waals surface area contributed by atoms with Crippen molar-refractivity contribution in [3.63, 3.8) is 0 Å². The van der Waals surface area contributed by atoms with Crippen LogP contribution in [0.1, 0.15) is 11.4 Å². The Morgan fingerprint density at radius 3 is 2.80 bits per heavy atom. The van der Waals surface area contributed by atoms with E-state index in [1.165, 1.54) is 6.08 Å². The Morgan fingerprint density at radius 1 is 1.20 bits per heavy atom. The summed E-state index contributed by atoms with van der Waals surface area (Å²) >= 11 is 0. The van der Waals surface area contributed by atoms with Crippen LogP contribution in [0.2, 0.25) is 0 Å². The molecule has 1 heterocycles. The number of hydrogen-bond acceptors (Lipinski definition) is 3. The highest BCUT2D eigenvalue weighted by atomic mass is 16.5. The van der Waals surface area contributed by atoms with E-state index in [-0.39, 0.29) is 5.91 Å². The average molecular weight is 335 g/mol. The van der Waals surface area contributed by atoms with Crippen LogP contribution >= 0.6 is 0 Å². The highest BCUT2D eigenvalue weighted by molar-refractivity contribution is 5.92. The van der Waals surface area contributed by atoms with Crippen LogP contribution in [0.5, 0.6) is 5.75 Å². The number of carbonyl (C=O) groups is 1. The van der Waals surface area contributed by atoms with Gasteiger partial charge in [0.25, 0.3) is 0 Å². The summed E-state index contributed by atoms with van der Waals surface area (Å²) in [6, 6.07) is 15.6. The molecule has 0 aliphatic heterocycles. The van der Waals surface area contributed by atoms with Gasteiger partial charge in [-0.15, -0.1) is 0 Å². The van der Waals surface area contributed by atoms with Crippen LogP contribution < -0.4 is 10.1 Å². The van der Waals surface area contributed by atoms with E-state index in [1.807, 2.05) is 55.5 Å². The Balaban J connectivity index is 1.59. The van der Waals surface area contributed by atoms with E-state index >= 15 is 0 Å². The second-order valence-electron chi connectivity index (χ2n) is 5.67. The first kappa shape index (κ1) is 16.8. The Labute approximate surface area is 146 Å². The number of hydrogen-bond donors (Lipinski definition) is 1. The summed E-state index contributed by atoms with van der Waals surface area (Å²) in [5, 5.41) is 2.91. The predicted octanol–water partition coefficient (Wildman–Crippen LogP) is 3.18. The van der Waals surface area contributed by atoms with Gasteiger partial charge in [-0.2, -0.15) is 0 Å². The summed E-state index contributed by atoms with van der Waals surface area (Å²) in [5.74, 6) is 1.56. The van der Waals surface area contributed by atoms with E-state index in [9.17, 15) is 4.79 Å². The Kier molecular flexibility index (Phi) is 5.14. The molecule has 0 unspecified atom stereocenters. The number of nitrogens with one attached hydrogen (secondary N) is 1. The first-order valence-electron chi connectivity index (χ1n) is 8.20. The molecular formula is C20H21N3O2. The van der Waals surface area contributed by atoms with Gasteiger partial charge in [0.1, 0.15) is 11.6 Å². The number of benzene rings is 2. The molecule has 128 valence electrons. The van der Waals surface area contributed by atoms with Gasteiger partial charge in [-0.25, -0.2) is 4.98 Å². The van der Waals surface area contributed by atoms with Crippen LogP contribution in [0.15, 0.2) is 54.6 Å². The minimum atomic E-state index is -0.131. The van der Waals surface area contributed by atoms with Crippen molar-refractivity contribution in [1.29, 1.82) is 0 Å². The molecule has 0 aliphatic carbocycles. The van der Waals surface area contributed by atoms with Crippen LogP contribution in [0.25, 0.3) is 17.1 Å². The van der Waals surface area contributed by atoms with E-state index in [2.05, 4.69) is 14.9 Å². The largest absolute Gasteiger partial charge is 0.496 e. The summed E-state index contributed by atoms with van der Waals surface area (Å²) in [4.78, 5) is 16.6. The number of aryl methyl sites for hydroxylation is 1. The number of fused-ring (bicyclic) bond motifs is 1. The van der Waals surface area contributed by atoms with Gasteiger partial charge in [-0.1, -0.05) is 30.3 Å². The monoisotopic (exact) mass is 335 g/mol. The van der Waals surface area contributed by atoms with Crippen molar-refractivity contribution in [2.24, 2.45) is 0 Å². The third kappa shape index (κ3) is 3.88. The lowest BCUT2D eigenvalue weighted by Crippen LogP contribution is -2.25. The molecular weight excluding hydrogens is 314 g/mol. The van der Waals surface area contributed by atoms with Crippen molar-refractivity contribution in [3.8, 4) is 5.75 Å². The number of imidazole rings is 1. The van der Waals surface area contributed by atoms with Gasteiger partial charge in [-0.05, 0) is 31.2 Å². The average Bonchev–Trinajstić information content (AvgIpc) is 2.96. The molecule has 1 aromatic heterocycles. The fourth-order valence-corrected chi connectivity index (χ4v) is 2.80. The molecule has 0 radical (unpaired) electrons. The van der Waals surface area contributed by atoms with E-state index in [1.54, 1.807) is 13.2 Å². The van der Waals surface area contributed by atoms with Crippen LogP contribution in [-0.2, 0) is 11.3 Å². The molecule has 5 nitrogen and oxygen atoms in total. The third-order valence-electron chi connectivity index (χ3n) is 4.03. The number of rotatable bonds is 6. The minimum absolute atomic E-state index is 0.131. The molecule has 0 aliphatic rings. The number of ether oxygens (including phenoxy) is 1. The van der Waals surface area contributed by atoms with Crippen molar-refractivity contribution < 1.29 is 9.53 Å². The predicted molar refractivity (Wildman–Crippen MR) is 99.5 cm³/mol. The lowest BCUT2D eigenvalue weighted by Gasteiger charge is -2.07. The highest BCUT2D eigenvalue weighted by Gasteiger charge is 2.06. The molecule has 2 aromatic carbocycles. The Morgan fingerprint density at radius 2 is 1.96 bits per heavy atom. The molecule has 3 aromatic rings. The maximum absolute atomic E-state index is 12.0. The van der Waals surface area contributed by atoms with Gasteiger partial charge in [-0.3, -0.25) is 4.79 Å². The third-order valence-corrected chi connectivity index (χ3v) is 4.03. The second-order valence-corrected chi connectivity index (χ2v) is 5.67. The van der Waals surface area contributed by atoms with E-state index < -0.39 is 0 Å². The molecule has 0 atom stereocenters. The molecule has 3 rings (SSSR count). The molecule has 0 bridgehead atoms. The van der Waals surface area contributed by atoms with Gasteiger partial charge in [0.2, 0.25) is 5.91 Å². The molecule has 0 spiro atoms. The van der Waals surface area contributed by atoms with Gasteiger partial charge in [0, 0.05) is 24.7 Å². The number of para-hydroxylation sites is 3. The van der Waals surface area contributed by atoms with Crippen molar-refractivity contribution >= 4 is 23.0 Å². The molecule has 5 heteroatoms. The summed E-state index contributed by atoms with van der Waals surface area (Å²) in [6.07, 6.45) is 3.28. The lowest BCUT2D eigenvalue weighted by atomic mass is 10.2. The summed E-state index contributed by atoms with van der Waals surface area (Å²) in [7, 11) is 1.62. The van der Waals surface area contributed by atoms with Crippen LogP contribution in [-0.4, -0.2) is 29.1 Å². The number of carbonyl (C=O) groups excluding carboxylic acids is 1. The molecule has 1 amide bonds. The van der Waals surface area contributed by atoms with Crippen LogP contribution in [0, 0.1) is 6.92 Å². The number of nitrogens with zero attached hydrogens (tertiary/aromatic N) is 2. The van der Waals surface area contributed by atoms with Crippen molar-refractivity contribution in [1.82, 2.24) is 14.9 Å². The van der Waals surface area contributed by atoms with E-state index in [4.69, 9.17) is 4.74 Å². The van der Waals surface area contributed by atoms with Gasteiger partial charge < -0.3 is 14.6 Å². The second kappa shape index (κ2) is 7.66. The molecule has 0 fully saturated rings. The van der Waals surface area contributed by atoms with Crippen molar-refractivity contribution in [2.75, 3.05) is 13.7 Å². The van der Waals surface area contributed by atoms with Gasteiger partial charge in [0.05, 0.1) is 18.1 Å². The zero-order valence-corrected chi connectivity index (χ0v) is 14.4.